The van der Waals surface area contributed by atoms with Crippen molar-refractivity contribution in [3.05, 3.63) is 257 Å². The first kappa shape index (κ1) is 45.2. The van der Waals surface area contributed by atoms with Gasteiger partial charge in [-0.3, -0.25) is 0 Å². The fourth-order valence-electron chi connectivity index (χ4n) is 13.0. The van der Waals surface area contributed by atoms with Crippen LogP contribution in [-0.2, 0) is 16.2 Å². The molecule has 0 aliphatic heterocycles. The van der Waals surface area contributed by atoms with E-state index in [2.05, 4.69) is 256 Å². The lowest BCUT2D eigenvalue weighted by molar-refractivity contribution is 0.590. The molecule has 0 bridgehead atoms. The number of rotatable bonds is 6. The van der Waals surface area contributed by atoms with Crippen LogP contribution in [0.25, 0.3) is 60.3 Å². The van der Waals surface area contributed by atoms with Gasteiger partial charge in [0.1, 0.15) is 0 Å². The molecule has 0 saturated heterocycles. The minimum Gasteiger partial charge on any atom is -0.310 e. The van der Waals surface area contributed by atoms with Gasteiger partial charge in [-0.25, -0.2) is 0 Å². The number of benzene rings is 10. The Labute approximate surface area is 443 Å². The average molecular weight is 976 g/mol. The van der Waals surface area contributed by atoms with Crippen molar-refractivity contribution < 1.29 is 0 Å². The van der Waals surface area contributed by atoms with Crippen molar-refractivity contribution in [1.82, 2.24) is 4.40 Å². The summed E-state index contributed by atoms with van der Waals surface area (Å²) in [6.07, 6.45) is 0. The minimum atomic E-state index is -0.757. The highest BCUT2D eigenvalue weighted by Gasteiger charge is 2.53. The highest BCUT2D eigenvalue weighted by atomic mass is 15.2. The Morgan fingerprint density at radius 2 is 0.868 bits per heavy atom. The molecule has 2 aromatic heterocycles. The monoisotopic (exact) mass is 975 g/mol. The topological polar surface area (TPSA) is 58.5 Å². The van der Waals surface area contributed by atoms with Crippen LogP contribution < -0.4 is 9.80 Å². The number of fused-ring (bicyclic) bond motifs is 17. The number of aromatic nitrogens is 1. The Morgan fingerprint density at radius 3 is 1.42 bits per heavy atom. The minimum absolute atomic E-state index is 0.0201. The molecule has 2 aliphatic rings. The summed E-state index contributed by atoms with van der Waals surface area (Å²) in [5.41, 5.74) is 22.3. The van der Waals surface area contributed by atoms with Gasteiger partial charge in [0.15, 0.2) is 0 Å². The summed E-state index contributed by atoms with van der Waals surface area (Å²) < 4.78 is 2.57. The van der Waals surface area contributed by atoms with E-state index in [0.717, 1.165) is 34.1 Å². The van der Waals surface area contributed by atoms with Gasteiger partial charge in [-0.15, -0.1) is 0 Å². The molecule has 0 atom stereocenters. The number of nitrogens with zero attached hydrogens (tertiary/aromatic N) is 5. The second-order valence-electron chi connectivity index (χ2n) is 22.7. The van der Waals surface area contributed by atoms with Crippen molar-refractivity contribution in [2.75, 3.05) is 9.80 Å². The molecule has 0 saturated carbocycles. The zero-order valence-electron chi connectivity index (χ0n) is 43.4. The summed E-state index contributed by atoms with van der Waals surface area (Å²) in [4.78, 5) is 4.78. The average Bonchev–Trinajstić information content (AvgIpc) is 4.36. The molecule has 5 nitrogen and oxygen atoms in total. The smallest absolute Gasteiger partial charge is 0.0991 e. The maximum Gasteiger partial charge on any atom is 0.0991 e. The fourth-order valence-corrected chi connectivity index (χ4v) is 13.0. The third kappa shape index (κ3) is 6.36. The van der Waals surface area contributed by atoms with E-state index in [-0.39, 0.29) is 10.8 Å². The van der Waals surface area contributed by atoms with Crippen LogP contribution >= 0.6 is 0 Å². The van der Waals surface area contributed by atoms with Crippen LogP contribution in [0, 0.1) is 22.7 Å². The molecule has 10 aromatic carbocycles. The zero-order valence-corrected chi connectivity index (χ0v) is 43.4. The molecule has 76 heavy (non-hydrogen) atoms. The van der Waals surface area contributed by atoms with Gasteiger partial charge in [0, 0.05) is 55.5 Å². The number of nitriles is 2. The standard InChI is InChI=1S/C71H53N5/c1-69(2,3)46-26-34-49(35-27-46)74(48-30-22-44(42-72)23-31-48)52-38-39-57-61(40-52)71(59-19-10-7-14-53(59)54-15-8-11-20-60(54)71)62-41-64(75(50-32-24-45(43-73)25-33-50)51-36-28-47(29-37-51)70(4,5)6)66-58-18-13-17-56-55-16-9-12-21-63(55)76(67(56)58)68(66)65(57)62/h7-41H,1-6H3. The summed E-state index contributed by atoms with van der Waals surface area (Å²) in [5.74, 6) is 0. The lowest BCUT2D eigenvalue weighted by atomic mass is 9.70. The van der Waals surface area contributed by atoms with Crippen molar-refractivity contribution in [3.8, 4) is 34.4 Å². The van der Waals surface area contributed by atoms with E-state index >= 15 is 0 Å². The second kappa shape index (κ2) is 16.3. The van der Waals surface area contributed by atoms with Crippen molar-refractivity contribution in [3.63, 3.8) is 0 Å². The van der Waals surface area contributed by atoms with Gasteiger partial charge in [-0.1, -0.05) is 157 Å². The van der Waals surface area contributed by atoms with Crippen molar-refractivity contribution in [1.29, 1.82) is 10.5 Å². The normalized spacial score (nSPS) is 13.2. The molecule has 0 unspecified atom stereocenters. The van der Waals surface area contributed by atoms with E-state index in [9.17, 15) is 10.5 Å². The quantitative estimate of drug-likeness (QED) is 0.167. The Balaban J connectivity index is 1.15. The Morgan fingerprint density at radius 1 is 0.395 bits per heavy atom. The zero-order chi connectivity index (χ0) is 51.8. The van der Waals surface area contributed by atoms with Crippen LogP contribution in [0.4, 0.5) is 34.1 Å². The first-order valence-corrected chi connectivity index (χ1v) is 26.3. The highest BCUT2D eigenvalue weighted by molar-refractivity contribution is 6.29. The molecule has 0 amide bonds. The molecule has 0 N–H and O–H groups in total. The van der Waals surface area contributed by atoms with E-state index in [1.807, 2.05) is 24.3 Å². The SMILES string of the molecule is CC(C)(C)c1ccc(N(c2ccc(C#N)cc2)c2ccc3c(c2)C2(c4ccccc4-c4ccccc42)c2cc(N(c4ccc(C#N)cc4)c4ccc(C(C)(C)C)cc4)c4c5cccc6c7ccccc7n(c4c2-3)c65)cc1. The summed E-state index contributed by atoms with van der Waals surface area (Å²) in [5, 5.41) is 24.9. The van der Waals surface area contributed by atoms with Crippen LogP contribution in [0.5, 0.6) is 0 Å². The molecule has 12 aromatic rings. The van der Waals surface area contributed by atoms with Crippen LogP contribution in [0.2, 0.25) is 0 Å². The molecule has 0 fully saturated rings. The van der Waals surface area contributed by atoms with Crippen LogP contribution in [-0.4, -0.2) is 4.40 Å². The van der Waals surface area contributed by atoms with Crippen molar-refractivity contribution in [2.45, 2.75) is 57.8 Å². The van der Waals surface area contributed by atoms with Gasteiger partial charge in [0.2, 0.25) is 0 Å². The van der Waals surface area contributed by atoms with Gasteiger partial charge in [-0.05, 0) is 158 Å². The molecule has 362 valence electrons. The first-order chi connectivity index (χ1) is 36.9. The van der Waals surface area contributed by atoms with Gasteiger partial charge >= 0.3 is 0 Å². The van der Waals surface area contributed by atoms with Crippen LogP contribution in [0.1, 0.15) is 86.1 Å². The number of para-hydroxylation sites is 2. The fraction of sp³-hybridized carbons (Fsp3) is 0.127. The molecule has 5 heteroatoms. The van der Waals surface area contributed by atoms with Gasteiger partial charge in [-0.2, -0.15) is 10.5 Å². The molecule has 14 rings (SSSR count). The van der Waals surface area contributed by atoms with Crippen LogP contribution in [0.3, 0.4) is 0 Å². The molecular formula is C71H53N5. The Kier molecular flexibility index (Phi) is 9.69. The van der Waals surface area contributed by atoms with Gasteiger partial charge < -0.3 is 14.2 Å². The summed E-state index contributed by atoms with van der Waals surface area (Å²) >= 11 is 0. The summed E-state index contributed by atoms with van der Waals surface area (Å²) in [7, 11) is 0. The highest BCUT2D eigenvalue weighted by Crippen LogP contribution is 2.66. The lowest BCUT2D eigenvalue weighted by Gasteiger charge is -2.34. The maximum absolute atomic E-state index is 10.1. The molecule has 2 aliphatic carbocycles. The number of hydrogen-bond acceptors (Lipinski definition) is 4. The Bertz CT molecular complexity index is 4370. The summed E-state index contributed by atoms with van der Waals surface area (Å²) in [6, 6.07) is 82.3. The largest absolute Gasteiger partial charge is 0.310 e. The lowest BCUT2D eigenvalue weighted by Crippen LogP contribution is -2.26. The van der Waals surface area contributed by atoms with E-state index in [1.165, 1.54) is 93.7 Å². The second-order valence-corrected chi connectivity index (χ2v) is 22.7. The molecule has 1 spiro atoms. The maximum atomic E-state index is 10.1. The molecular weight excluding hydrogens is 923 g/mol. The van der Waals surface area contributed by atoms with Crippen LogP contribution in [0.15, 0.2) is 212 Å². The predicted octanol–water partition coefficient (Wildman–Crippen LogP) is 18.5. The predicted molar refractivity (Wildman–Crippen MR) is 314 cm³/mol. The third-order valence-corrected chi connectivity index (χ3v) is 16.5. The summed E-state index contributed by atoms with van der Waals surface area (Å²) in [6.45, 7) is 13.6. The number of hydrogen-bond donors (Lipinski definition) is 0. The molecule has 0 radical (unpaired) electrons. The van der Waals surface area contributed by atoms with Gasteiger partial charge in [0.05, 0.1) is 50.9 Å². The Hall–Kier alpha value is -9.42. The van der Waals surface area contributed by atoms with Crippen molar-refractivity contribution >= 4 is 72.2 Å². The van der Waals surface area contributed by atoms with E-state index in [4.69, 9.17) is 0 Å². The van der Waals surface area contributed by atoms with E-state index in [1.54, 1.807) is 0 Å². The van der Waals surface area contributed by atoms with E-state index < -0.39 is 5.41 Å². The third-order valence-electron chi connectivity index (χ3n) is 16.5. The molecule has 2 heterocycles. The van der Waals surface area contributed by atoms with Crippen molar-refractivity contribution in [2.24, 2.45) is 0 Å². The van der Waals surface area contributed by atoms with E-state index in [0.29, 0.717) is 11.1 Å². The first-order valence-electron chi connectivity index (χ1n) is 26.3. The number of anilines is 6. The van der Waals surface area contributed by atoms with Gasteiger partial charge in [0.25, 0.3) is 0 Å².